The second-order valence-corrected chi connectivity index (χ2v) is 10.6. The Morgan fingerprint density at radius 3 is 1.11 bits per heavy atom. The zero-order valence-corrected chi connectivity index (χ0v) is 20.0. The average molecular weight is 474 g/mol. The van der Waals surface area contributed by atoms with Crippen LogP contribution in [0.5, 0.6) is 11.5 Å². The van der Waals surface area contributed by atoms with E-state index in [9.17, 15) is 10.2 Å². The number of phenols is 2. The zero-order valence-electron chi connectivity index (χ0n) is 17.0. The van der Waals surface area contributed by atoms with Crippen LogP contribution >= 0.6 is 46.4 Å². The van der Waals surface area contributed by atoms with E-state index in [-0.39, 0.29) is 33.0 Å². The highest BCUT2D eigenvalue weighted by molar-refractivity contribution is 6.21. The third-order valence-corrected chi connectivity index (χ3v) is 4.66. The molecule has 4 nitrogen and oxygen atoms in total. The largest absolute Gasteiger partial charge is 0.508 e. The minimum Gasteiger partial charge on any atom is -0.508 e. The Balaban J connectivity index is 2.97. The lowest BCUT2D eigenvalue weighted by Crippen LogP contribution is -2.33. The predicted octanol–water partition coefficient (Wildman–Crippen LogP) is 5.21. The van der Waals surface area contributed by atoms with Crippen LogP contribution in [0.25, 0.3) is 0 Å². The summed E-state index contributed by atoms with van der Waals surface area (Å²) >= 11 is 24.5. The van der Waals surface area contributed by atoms with E-state index in [1.165, 1.54) is 0 Å². The van der Waals surface area contributed by atoms with Gasteiger partial charge in [-0.2, -0.15) is 0 Å². The maximum absolute atomic E-state index is 10.5. The first-order valence-electron chi connectivity index (χ1n) is 9.52. The predicted molar refractivity (Wildman–Crippen MR) is 122 cm³/mol. The molecule has 0 heterocycles. The van der Waals surface area contributed by atoms with Crippen molar-refractivity contribution in [3.8, 4) is 11.5 Å². The van der Waals surface area contributed by atoms with Gasteiger partial charge in [0.15, 0.2) is 0 Å². The summed E-state index contributed by atoms with van der Waals surface area (Å²) in [5, 5.41) is 20.9. The Labute approximate surface area is 189 Å². The second kappa shape index (κ2) is 12.6. The van der Waals surface area contributed by atoms with E-state index in [2.05, 4.69) is 9.80 Å². The zero-order chi connectivity index (χ0) is 21.4. The molecular formula is C20H32Cl4N2O2. The molecule has 0 aliphatic heterocycles. The number of alkyl halides is 4. The fourth-order valence-electron chi connectivity index (χ4n) is 3.23. The van der Waals surface area contributed by atoms with Crippen molar-refractivity contribution in [1.82, 2.24) is 9.80 Å². The Hall–Kier alpha value is -0.100. The van der Waals surface area contributed by atoms with Gasteiger partial charge in [0.05, 0.1) is 0 Å². The third-order valence-electron chi connectivity index (χ3n) is 4.11. The average Bonchev–Trinajstić information content (AvgIpc) is 2.49. The molecule has 0 aromatic heterocycles. The molecule has 0 aliphatic rings. The summed E-state index contributed by atoms with van der Waals surface area (Å²) in [5.74, 6) is 0.278. The van der Waals surface area contributed by atoms with Gasteiger partial charge >= 0.3 is 0 Å². The SMILES string of the molecule is C[C@H](Cl)CN(Cc1cc(O)c(CN(C[C@@H](C)Cl)C[C@@H](C)Cl)cc1O)C[C@@H](C)Cl. The van der Waals surface area contributed by atoms with Gasteiger partial charge in [0.25, 0.3) is 0 Å². The van der Waals surface area contributed by atoms with E-state index in [1.54, 1.807) is 12.1 Å². The summed E-state index contributed by atoms with van der Waals surface area (Å²) in [6.45, 7) is 11.1. The van der Waals surface area contributed by atoms with Crippen LogP contribution in [0.15, 0.2) is 12.1 Å². The summed E-state index contributed by atoms with van der Waals surface area (Å²) < 4.78 is 0. The van der Waals surface area contributed by atoms with Gasteiger partial charge in [-0.15, -0.1) is 46.4 Å². The van der Waals surface area contributed by atoms with Gasteiger partial charge in [-0.05, 0) is 39.8 Å². The smallest absolute Gasteiger partial charge is 0.120 e. The Kier molecular flexibility index (Phi) is 11.6. The lowest BCUT2D eigenvalue weighted by molar-refractivity contribution is 0.261. The molecule has 1 aromatic carbocycles. The Morgan fingerprint density at radius 1 is 0.643 bits per heavy atom. The number of hydrogen-bond donors (Lipinski definition) is 2. The summed E-state index contributed by atoms with van der Waals surface area (Å²) in [5.41, 5.74) is 1.28. The van der Waals surface area contributed by atoms with Gasteiger partial charge in [0, 0.05) is 71.9 Å². The molecule has 0 saturated carbocycles. The van der Waals surface area contributed by atoms with Crippen molar-refractivity contribution in [3.63, 3.8) is 0 Å². The third kappa shape index (κ3) is 10.1. The molecule has 0 aliphatic carbocycles. The number of rotatable bonds is 12. The number of hydrogen-bond acceptors (Lipinski definition) is 4. The van der Waals surface area contributed by atoms with Crippen LogP contribution in [0, 0.1) is 0 Å². The van der Waals surface area contributed by atoms with Crippen LogP contribution in [0.3, 0.4) is 0 Å². The van der Waals surface area contributed by atoms with Crippen molar-refractivity contribution in [1.29, 1.82) is 0 Å². The van der Waals surface area contributed by atoms with Gasteiger partial charge in [-0.3, -0.25) is 9.80 Å². The summed E-state index contributed by atoms with van der Waals surface area (Å²) in [6.07, 6.45) is 0. The van der Waals surface area contributed by atoms with Crippen LogP contribution in [0.2, 0.25) is 0 Å². The molecule has 2 N–H and O–H groups in total. The van der Waals surface area contributed by atoms with Crippen molar-refractivity contribution < 1.29 is 10.2 Å². The number of aromatic hydroxyl groups is 2. The maximum atomic E-state index is 10.5. The van der Waals surface area contributed by atoms with E-state index < -0.39 is 0 Å². The highest BCUT2D eigenvalue weighted by Gasteiger charge is 2.18. The molecule has 4 atom stereocenters. The molecule has 0 radical (unpaired) electrons. The van der Waals surface area contributed by atoms with Crippen LogP contribution in [-0.2, 0) is 13.1 Å². The fraction of sp³-hybridized carbons (Fsp3) is 0.700. The van der Waals surface area contributed by atoms with Crippen molar-refractivity contribution in [2.24, 2.45) is 0 Å². The van der Waals surface area contributed by atoms with Crippen molar-refractivity contribution in [2.75, 3.05) is 26.2 Å². The van der Waals surface area contributed by atoms with Crippen LogP contribution < -0.4 is 0 Å². The van der Waals surface area contributed by atoms with E-state index in [1.807, 2.05) is 27.7 Å². The van der Waals surface area contributed by atoms with Crippen molar-refractivity contribution in [2.45, 2.75) is 62.3 Å². The van der Waals surface area contributed by atoms with Gasteiger partial charge in [0.2, 0.25) is 0 Å². The lowest BCUT2D eigenvalue weighted by atomic mass is 10.1. The molecule has 0 spiro atoms. The minimum atomic E-state index is -0.0472. The summed E-state index contributed by atoms with van der Waals surface area (Å²) in [7, 11) is 0. The molecule has 0 unspecified atom stereocenters. The van der Waals surface area contributed by atoms with Gasteiger partial charge in [-0.25, -0.2) is 0 Å². The second-order valence-electron chi connectivity index (χ2n) is 7.62. The molecule has 1 aromatic rings. The van der Waals surface area contributed by atoms with Gasteiger partial charge in [0.1, 0.15) is 11.5 Å². The van der Waals surface area contributed by atoms with Gasteiger partial charge in [-0.1, -0.05) is 0 Å². The number of phenolic OH excluding ortho intramolecular Hbond substituents is 2. The monoisotopic (exact) mass is 472 g/mol. The number of halogens is 4. The first kappa shape index (κ1) is 25.9. The number of nitrogens with zero attached hydrogens (tertiary/aromatic N) is 2. The molecule has 0 fully saturated rings. The highest BCUT2D eigenvalue weighted by Crippen LogP contribution is 2.30. The Morgan fingerprint density at radius 2 is 0.893 bits per heavy atom. The summed E-state index contributed by atoms with van der Waals surface area (Å²) in [6, 6.07) is 3.23. The van der Waals surface area contributed by atoms with E-state index in [4.69, 9.17) is 46.4 Å². The standard InChI is InChI=1S/C20H32Cl4N2O2/c1-13(21)7-25(8-14(2)22)11-17-5-20(28)18(6-19(17)27)12-26(9-15(3)23)10-16(4)24/h5-6,13-16,27-28H,7-12H2,1-4H3/t13-,14-,15-,16+/m1/s1. The van der Waals surface area contributed by atoms with E-state index in [0.29, 0.717) is 50.4 Å². The van der Waals surface area contributed by atoms with E-state index in [0.717, 1.165) is 0 Å². The van der Waals surface area contributed by atoms with E-state index >= 15 is 0 Å². The van der Waals surface area contributed by atoms with Crippen LogP contribution in [-0.4, -0.2) is 67.7 Å². The quantitative estimate of drug-likeness (QED) is 0.323. The topological polar surface area (TPSA) is 46.9 Å². The highest BCUT2D eigenvalue weighted by atomic mass is 35.5. The normalized spacial score (nSPS) is 16.4. The first-order chi connectivity index (χ1) is 13.0. The van der Waals surface area contributed by atoms with Crippen molar-refractivity contribution in [3.05, 3.63) is 23.3 Å². The first-order valence-corrected chi connectivity index (χ1v) is 11.3. The van der Waals surface area contributed by atoms with Crippen LogP contribution in [0.1, 0.15) is 38.8 Å². The minimum absolute atomic E-state index is 0.0472. The van der Waals surface area contributed by atoms with Crippen molar-refractivity contribution >= 4 is 46.4 Å². The lowest BCUT2D eigenvalue weighted by Gasteiger charge is -2.27. The molecule has 8 heteroatoms. The van der Waals surface area contributed by atoms with Gasteiger partial charge < -0.3 is 10.2 Å². The maximum Gasteiger partial charge on any atom is 0.120 e. The molecule has 1 rings (SSSR count). The Bertz CT molecular complexity index is 526. The van der Waals surface area contributed by atoms with Crippen LogP contribution in [0.4, 0.5) is 0 Å². The number of benzene rings is 1. The molecular weight excluding hydrogens is 442 g/mol. The molecule has 0 bridgehead atoms. The molecule has 0 saturated heterocycles. The molecule has 0 amide bonds. The molecule has 28 heavy (non-hydrogen) atoms. The molecule has 162 valence electrons. The fourth-order valence-corrected chi connectivity index (χ4v) is 4.01. The summed E-state index contributed by atoms with van der Waals surface area (Å²) in [4.78, 5) is 4.14.